The number of rotatable bonds is 3. The summed E-state index contributed by atoms with van der Waals surface area (Å²) in [5.41, 5.74) is 2.39. The van der Waals surface area contributed by atoms with Crippen molar-refractivity contribution in [3.63, 3.8) is 0 Å². The van der Waals surface area contributed by atoms with Crippen molar-refractivity contribution in [1.82, 2.24) is 0 Å². The second kappa shape index (κ2) is 6.04. The van der Waals surface area contributed by atoms with Gasteiger partial charge in [-0.05, 0) is 36.1 Å². The molecule has 1 amide bonds. The first-order chi connectivity index (χ1) is 9.90. The lowest BCUT2D eigenvalue weighted by Gasteiger charge is -2.16. The molecule has 0 radical (unpaired) electrons. The van der Waals surface area contributed by atoms with Crippen molar-refractivity contribution < 1.29 is 13.6 Å². The van der Waals surface area contributed by atoms with E-state index >= 15 is 0 Å². The highest BCUT2D eigenvalue weighted by atomic mass is 19.1. The smallest absolute Gasteiger partial charge is 0.258 e. The van der Waals surface area contributed by atoms with Gasteiger partial charge in [-0.15, -0.1) is 0 Å². The SMILES string of the molecule is Cc1cccc(C(C)C)c1NC(=O)c1ccc(F)cc1F. The zero-order valence-electron chi connectivity index (χ0n) is 12.2. The van der Waals surface area contributed by atoms with Crippen LogP contribution in [0.15, 0.2) is 36.4 Å². The molecule has 0 unspecified atom stereocenters. The van der Waals surface area contributed by atoms with Gasteiger partial charge in [0, 0.05) is 11.8 Å². The average Bonchev–Trinajstić information content (AvgIpc) is 2.40. The molecular weight excluding hydrogens is 272 g/mol. The van der Waals surface area contributed by atoms with Gasteiger partial charge in [-0.25, -0.2) is 8.78 Å². The summed E-state index contributed by atoms with van der Waals surface area (Å²) < 4.78 is 26.6. The Kier molecular flexibility index (Phi) is 4.36. The zero-order chi connectivity index (χ0) is 15.6. The summed E-state index contributed by atoms with van der Waals surface area (Å²) >= 11 is 0. The summed E-state index contributed by atoms with van der Waals surface area (Å²) in [7, 11) is 0. The molecule has 4 heteroatoms. The molecule has 2 rings (SSSR count). The van der Waals surface area contributed by atoms with E-state index in [1.165, 1.54) is 0 Å². The molecule has 2 aromatic carbocycles. The third kappa shape index (κ3) is 3.27. The van der Waals surface area contributed by atoms with Crippen molar-refractivity contribution in [3.05, 3.63) is 64.7 Å². The third-order valence-electron chi connectivity index (χ3n) is 3.34. The Hall–Kier alpha value is -2.23. The van der Waals surface area contributed by atoms with Crippen LogP contribution >= 0.6 is 0 Å². The Labute approximate surface area is 122 Å². The van der Waals surface area contributed by atoms with Crippen LogP contribution in [-0.4, -0.2) is 5.91 Å². The van der Waals surface area contributed by atoms with Crippen LogP contribution in [0.3, 0.4) is 0 Å². The fourth-order valence-electron chi connectivity index (χ4n) is 2.20. The topological polar surface area (TPSA) is 29.1 Å². The van der Waals surface area contributed by atoms with E-state index in [0.717, 1.165) is 23.3 Å². The lowest BCUT2D eigenvalue weighted by atomic mass is 9.98. The van der Waals surface area contributed by atoms with Gasteiger partial charge in [-0.2, -0.15) is 0 Å². The molecule has 1 N–H and O–H groups in total. The van der Waals surface area contributed by atoms with Crippen molar-refractivity contribution in [1.29, 1.82) is 0 Å². The maximum atomic E-state index is 13.7. The summed E-state index contributed by atoms with van der Waals surface area (Å²) in [6.07, 6.45) is 0. The molecule has 0 fully saturated rings. The minimum Gasteiger partial charge on any atom is -0.321 e. The summed E-state index contributed by atoms with van der Waals surface area (Å²) in [6.45, 7) is 5.91. The fraction of sp³-hybridized carbons (Fsp3) is 0.235. The highest BCUT2D eigenvalue weighted by molar-refractivity contribution is 6.05. The van der Waals surface area contributed by atoms with Gasteiger partial charge in [0.05, 0.1) is 5.56 Å². The molecule has 0 aromatic heterocycles. The van der Waals surface area contributed by atoms with Gasteiger partial charge in [0.2, 0.25) is 0 Å². The molecule has 0 heterocycles. The minimum absolute atomic E-state index is 0.172. The maximum Gasteiger partial charge on any atom is 0.258 e. The molecule has 0 aliphatic rings. The van der Waals surface area contributed by atoms with Crippen molar-refractivity contribution >= 4 is 11.6 Å². The van der Waals surface area contributed by atoms with E-state index in [-0.39, 0.29) is 11.5 Å². The molecule has 2 aromatic rings. The fourth-order valence-corrected chi connectivity index (χ4v) is 2.20. The van der Waals surface area contributed by atoms with Crippen molar-refractivity contribution in [3.8, 4) is 0 Å². The first kappa shape index (κ1) is 15.2. The number of halogens is 2. The minimum atomic E-state index is -0.868. The van der Waals surface area contributed by atoms with Gasteiger partial charge < -0.3 is 5.32 Å². The zero-order valence-corrected chi connectivity index (χ0v) is 12.2. The van der Waals surface area contributed by atoms with Crippen LogP contribution in [0.4, 0.5) is 14.5 Å². The van der Waals surface area contributed by atoms with E-state index in [0.29, 0.717) is 11.8 Å². The quantitative estimate of drug-likeness (QED) is 0.875. The number of carbonyl (C=O) groups is 1. The van der Waals surface area contributed by atoms with Gasteiger partial charge in [0.1, 0.15) is 11.6 Å². The Morgan fingerprint density at radius 3 is 2.48 bits per heavy atom. The number of amides is 1. The number of hydrogen-bond donors (Lipinski definition) is 1. The predicted octanol–water partition coefficient (Wildman–Crippen LogP) is 4.65. The van der Waals surface area contributed by atoms with E-state index in [2.05, 4.69) is 5.32 Å². The number of aryl methyl sites for hydroxylation is 1. The maximum absolute atomic E-state index is 13.7. The molecule has 0 atom stereocenters. The normalized spacial score (nSPS) is 10.8. The van der Waals surface area contributed by atoms with Crippen LogP contribution in [0.1, 0.15) is 41.3 Å². The van der Waals surface area contributed by atoms with Gasteiger partial charge in [0.15, 0.2) is 0 Å². The number of para-hydroxylation sites is 1. The van der Waals surface area contributed by atoms with Gasteiger partial charge >= 0.3 is 0 Å². The van der Waals surface area contributed by atoms with E-state index in [9.17, 15) is 13.6 Å². The highest BCUT2D eigenvalue weighted by Gasteiger charge is 2.16. The van der Waals surface area contributed by atoms with E-state index in [1.54, 1.807) is 0 Å². The molecule has 21 heavy (non-hydrogen) atoms. The van der Waals surface area contributed by atoms with E-state index < -0.39 is 17.5 Å². The second-order valence-electron chi connectivity index (χ2n) is 5.27. The first-order valence-corrected chi connectivity index (χ1v) is 6.76. The number of nitrogens with one attached hydrogen (secondary N) is 1. The lowest BCUT2D eigenvalue weighted by Crippen LogP contribution is -2.16. The standard InChI is InChI=1S/C17H17F2NO/c1-10(2)13-6-4-5-11(3)16(13)20-17(21)14-8-7-12(18)9-15(14)19/h4-10H,1-3H3,(H,20,21). The molecular formula is C17H17F2NO. The van der Waals surface area contributed by atoms with Crippen LogP contribution in [0.25, 0.3) is 0 Å². The third-order valence-corrected chi connectivity index (χ3v) is 3.34. The summed E-state index contributed by atoms with van der Waals surface area (Å²) in [5, 5.41) is 2.74. The van der Waals surface area contributed by atoms with Crippen molar-refractivity contribution in [2.45, 2.75) is 26.7 Å². The Balaban J connectivity index is 2.36. The van der Waals surface area contributed by atoms with Crippen LogP contribution in [-0.2, 0) is 0 Å². The van der Waals surface area contributed by atoms with Crippen LogP contribution in [0, 0.1) is 18.6 Å². The largest absolute Gasteiger partial charge is 0.321 e. The molecule has 0 saturated heterocycles. The van der Waals surface area contributed by atoms with Crippen LogP contribution in [0.5, 0.6) is 0 Å². The van der Waals surface area contributed by atoms with E-state index in [4.69, 9.17) is 0 Å². The molecule has 0 saturated carbocycles. The van der Waals surface area contributed by atoms with Crippen LogP contribution in [0.2, 0.25) is 0 Å². The second-order valence-corrected chi connectivity index (χ2v) is 5.27. The Morgan fingerprint density at radius 1 is 1.14 bits per heavy atom. The monoisotopic (exact) mass is 289 g/mol. The summed E-state index contributed by atoms with van der Waals surface area (Å²) in [6, 6.07) is 8.64. The van der Waals surface area contributed by atoms with E-state index in [1.807, 2.05) is 39.0 Å². The highest BCUT2D eigenvalue weighted by Crippen LogP contribution is 2.28. The predicted molar refractivity (Wildman–Crippen MR) is 79.6 cm³/mol. The van der Waals surface area contributed by atoms with Crippen molar-refractivity contribution in [2.24, 2.45) is 0 Å². The Bertz CT molecular complexity index is 680. The molecule has 2 nitrogen and oxygen atoms in total. The molecule has 0 spiro atoms. The number of benzene rings is 2. The first-order valence-electron chi connectivity index (χ1n) is 6.76. The number of anilines is 1. The number of hydrogen-bond acceptors (Lipinski definition) is 1. The summed E-state index contributed by atoms with van der Waals surface area (Å²) in [4.78, 5) is 12.2. The lowest BCUT2D eigenvalue weighted by molar-refractivity contribution is 0.102. The van der Waals surface area contributed by atoms with Crippen LogP contribution < -0.4 is 5.32 Å². The average molecular weight is 289 g/mol. The Morgan fingerprint density at radius 2 is 1.86 bits per heavy atom. The van der Waals surface area contributed by atoms with Gasteiger partial charge in [0.25, 0.3) is 5.91 Å². The molecule has 110 valence electrons. The molecule has 0 aliphatic carbocycles. The number of carbonyl (C=O) groups excluding carboxylic acids is 1. The van der Waals surface area contributed by atoms with Crippen molar-refractivity contribution in [2.75, 3.05) is 5.32 Å². The summed E-state index contributed by atoms with van der Waals surface area (Å²) in [5.74, 6) is -1.93. The molecule has 0 bridgehead atoms. The molecule has 0 aliphatic heterocycles. The van der Waals surface area contributed by atoms with Gasteiger partial charge in [-0.1, -0.05) is 32.0 Å². The van der Waals surface area contributed by atoms with Gasteiger partial charge in [-0.3, -0.25) is 4.79 Å².